The Balaban J connectivity index is 1.57. The number of cyclic esters (lactones) is 1. The number of aromatic hydroxyl groups is 2. The molecule has 2 bridgehead atoms. The van der Waals surface area contributed by atoms with Crippen molar-refractivity contribution < 1.29 is 43.6 Å². The smallest absolute Gasteiger partial charge is 0.342 e. The first-order valence-corrected chi connectivity index (χ1v) is 15.6. The monoisotopic (exact) mass is 699 g/mol. The molecule has 2 heterocycles. The number of ether oxygens (including phenoxy) is 3. The molecule has 5 atom stereocenters. The molecule has 1 saturated carbocycles. The highest BCUT2D eigenvalue weighted by atomic mass is 79.9. The Labute approximate surface area is 274 Å². The Bertz CT molecular complexity index is 2260. The zero-order valence-electron chi connectivity index (χ0n) is 25.5. The number of halogens is 1. The second kappa shape index (κ2) is 9.39. The maximum Gasteiger partial charge on any atom is 0.342 e. The van der Waals surface area contributed by atoms with Crippen LogP contribution in [0.5, 0.6) is 11.5 Å². The van der Waals surface area contributed by atoms with Gasteiger partial charge < -0.3 is 24.4 Å². The number of aromatic nitrogens is 1. The Kier molecular flexibility index (Phi) is 5.91. The second-order valence-corrected chi connectivity index (χ2v) is 13.6. The Morgan fingerprint density at radius 3 is 2.30 bits per heavy atom. The molecule has 3 aliphatic carbocycles. The molecule has 11 nitrogen and oxygen atoms in total. The summed E-state index contributed by atoms with van der Waals surface area (Å²) in [6, 6.07) is 9.50. The van der Waals surface area contributed by atoms with Gasteiger partial charge in [0.05, 0.1) is 22.6 Å². The van der Waals surface area contributed by atoms with Crippen molar-refractivity contribution in [1.29, 1.82) is 0 Å². The van der Waals surface area contributed by atoms with Crippen LogP contribution in [0.1, 0.15) is 60.3 Å². The minimum Gasteiger partial charge on any atom is -0.507 e. The Morgan fingerprint density at radius 2 is 1.64 bits per heavy atom. The molecule has 1 fully saturated rings. The van der Waals surface area contributed by atoms with Gasteiger partial charge in [0, 0.05) is 46.9 Å². The van der Waals surface area contributed by atoms with Crippen molar-refractivity contribution >= 4 is 50.2 Å². The molecule has 3 aromatic carbocycles. The molecule has 0 amide bonds. The zero-order valence-corrected chi connectivity index (χ0v) is 27.1. The molecule has 2 N–H and O–H groups in total. The van der Waals surface area contributed by atoms with Gasteiger partial charge in [-0.3, -0.25) is 23.7 Å². The van der Waals surface area contributed by atoms with Crippen LogP contribution in [0.3, 0.4) is 0 Å². The van der Waals surface area contributed by atoms with E-state index in [1.54, 1.807) is 38.1 Å². The lowest BCUT2D eigenvalue weighted by Crippen LogP contribution is -2.57. The van der Waals surface area contributed by atoms with Crippen LogP contribution in [0.4, 0.5) is 0 Å². The molecule has 4 aliphatic rings. The van der Waals surface area contributed by atoms with Crippen molar-refractivity contribution in [2.24, 2.45) is 11.8 Å². The van der Waals surface area contributed by atoms with Crippen LogP contribution in [-0.4, -0.2) is 58.1 Å². The molecular weight excluding hydrogens is 674 g/mol. The summed E-state index contributed by atoms with van der Waals surface area (Å²) in [6.45, 7) is 4.00. The molecule has 0 unspecified atom stereocenters. The number of Topliss-reactive ketones (excluding diaryl/α,β-unsaturated/α-hetero) is 2. The average molecular weight is 700 g/mol. The highest BCUT2D eigenvalue weighted by Gasteiger charge is 2.80. The number of aryl methyl sites for hydroxylation is 2. The molecule has 4 aromatic rings. The van der Waals surface area contributed by atoms with Gasteiger partial charge in [0.1, 0.15) is 35.4 Å². The summed E-state index contributed by atoms with van der Waals surface area (Å²) in [5.41, 5.74) is -2.65. The molecule has 1 aromatic heterocycles. The third kappa shape index (κ3) is 3.31. The third-order valence-electron chi connectivity index (χ3n) is 10.5. The van der Waals surface area contributed by atoms with Gasteiger partial charge in [0.2, 0.25) is 0 Å². The van der Waals surface area contributed by atoms with Crippen LogP contribution in [0.25, 0.3) is 16.5 Å². The fraction of sp³-hybridized carbons (Fsp3) is 0.286. The number of pyridine rings is 1. The van der Waals surface area contributed by atoms with Gasteiger partial charge in [-0.1, -0.05) is 15.9 Å². The zero-order chi connectivity index (χ0) is 33.5. The van der Waals surface area contributed by atoms with E-state index >= 15 is 4.79 Å². The Morgan fingerprint density at radius 1 is 0.957 bits per heavy atom. The van der Waals surface area contributed by atoms with Crippen molar-refractivity contribution in [1.82, 2.24) is 4.57 Å². The van der Waals surface area contributed by atoms with Gasteiger partial charge in [-0.2, -0.15) is 0 Å². The topological polar surface area (TPSA) is 158 Å². The SMILES string of the molecule is CO[C@@]12c3c(C)cc(O)c4c(=O)n(-c5ccc(Br)cc5)cc(c34)C(=O)[C@@H]1[C@]13COC(=O)c4c(O)cc(C)c(c41)C(=O)[C@H]2[C@@H]3OC(C)=O. The summed E-state index contributed by atoms with van der Waals surface area (Å²) in [4.78, 5) is 70.4. The molecule has 0 radical (unpaired) electrons. The minimum atomic E-state index is -1.85. The number of esters is 2. The average Bonchev–Trinajstić information content (AvgIpc) is 3.19. The van der Waals surface area contributed by atoms with E-state index in [2.05, 4.69) is 15.9 Å². The van der Waals surface area contributed by atoms with Gasteiger partial charge in [0.25, 0.3) is 5.56 Å². The van der Waals surface area contributed by atoms with E-state index in [1.807, 2.05) is 0 Å². The molecule has 0 saturated heterocycles. The summed E-state index contributed by atoms with van der Waals surface area (Å²) < 4.78 is 20.1. The van der Waals surface area contributed by atoms with E-state index < -0.39 is 70.4 Å². The van der Waals surface area contributed by atoms with E-state index in [-0.39, 0.29) is 38.8 Å². The molecule has 12 heteroatoms. The van der Waals surface area contributed by atoms with Crippen LogP contribution < -0.4 is 5.56 Å². The standard InChI is InChI=1S/C35H26BrNO10/c1-13-9-20(40)24-26-21(13)29(42)27-31(47-15(3)38)34(26,12-46-33(24)44)30-28(41)18-11-37(17-7-5-16(36)6-8-17)32(43)23-19(39)10-14(2)25(22(18)23)35(27,30)45-4/h5-11,27,30-31,39-40H,12H2,1-4H3/t27-,30+,31-,34-,35+/m0/s1. The second-order valence-electron chi connectivity index (χ2n) is 12.7. The molecule has 1 aliphatic heterocycles. The maximum absolute atomic E-state index is 15.3. The van der Waals surface area contributed by atoms with Crippen LogP contribution in [0.15, 0.2) is 51.9 Å². The van der Waals surface area contributed by atoms with Gasteiger partial charge in [-0.25, -0.2) is 4.79 Å². The first kappa shape index (κ1) is 29.6. The van der Waals surface area contributed by atoms with E-state index in [9.17, 15) is 29.4 Å². The fourth-order valence-electron chi connectivity index (χ4n) is 9.03. The Hall–Kier alpha value is -4.81. The predicted molar refractivity (Wildman–Crippen MR) is 168 cm³/mol. The summed E-state index contributed by atoms with van der Waals surface area (Å²) in [6.07, 6.45) is 0.0364. The van der Waals surface area contributed by atoms with Crippen molar-refractivity contribution in [3.05, 3.63) is 96.4 Å². The summed E-state index contributed by atoms with van der Waals surface area (Å²) in [5.74, 6) is -6.25. The number of nitrogens with zero attached hydrogens (tertiary/aromatic N) is 1. The number of methoxy groups -OCH3 is 1. The van der Waals surface area contributed by atoms with E-state index in [0.717, 1.165) is 4.47 Å². The lowest BCUT2D eigenvalue weighted by Gasteiger charge is -2.47. The number of phenolic OH excluding ortho intramolecular Hbond substituents is 2. The van der Waals surface area contributed by atoms with Gasteiger partial charge in [-0.15, -0.1) is 0 Å². The largest absolute Gasteiger partial charge is 0.507 e. The van der Waals surface area contributed by atoms with Crippen LogP contribution in [-0.2, 0) is 30.0 Å². The van der Waals surface area contributed by atoms with Gasteiger partial charge >= 0.3 is 11.9 Å². The fourth-order valence-corrected chi connectivity index (χ4v) is 9.30. The lowest BCUT2D eigenvalue weighted by molar-refractivity contribution is -0.154. The molecule has 238 valence electrons. The van der Waals surface area contributed by atoms with Gasteiger partial charge in [-0.05, 0) is 72.5 Å². The third-order valence-corrected chi connectivity index (χ3v) is 11.0. The van der Waals surface area contributed by atoms with Crippen LogP contribution in [0.2, 0.25) is 0 Å². The van der Waals surface area contributed by atoms with Crippen molar-refractivity contribution in [2.45, 2.75) is 37.9 Å². The molecular formula is C35H26BrNO10. The number of hydrogen-bond acceptors (Lipinski definition) is 10. The number of carbonyl (C=O) groups is 4. The van der Waals surface area contributed by atoms with Crippen molar-refractivity contribution in [3.8, 4) is 17.2 Å². The minimum absolute atomic E-state index is 0.0574. The molecule has 8 rings (SSSR count). The predicted octanol–water partition coefficient (Wildman–Crippen LogP) is 4.30. The van der Waals surface area contributed by atoms with Crippen LogP contribution >= 0.6 is 15.9 Å². The number of hydrogen-bond donors (Lipinski definition) is 2. The van der Waals surface area contributed by atoms with Crippen molar-refractivity contribution in [3.63, 3.8) is 0 Å². The highest BCUT2D eigenvalue weighted by Crippen LogP contribution is 2.70. The number of ketones is 2. The highest BCUT2D eigenvalue weighted by molar-refractivity contribution is 9.10. The van der Waals surface area contributed by atoms with E-state index in [4.69, 9.17) is 14.2 Å². The summed E-state index contributed by atoms with van der Waals surface area (Å²) >= 11 is 3.39. The number of rotatable bonds is 3. The summed E-state index contributed by atoms with van der Waals surface area (Å²) in [7, 11) is 1.34. The van der Waals surface area contributed by atoms with Gasteiger partial charge in [0.15, 0.2) is 11.6 Å². The molecule has 1 spiro atoms. The summed E-state index contributed by atoms with van der Waals surface area (Å²) in [5, 5.41) is 22.4. The first-order valence-electron chi connectivity index (χ1n) is 14.8. The maximum atomic E-state index is 15.3. The normalized spacial score (nSPS) is 26.6. The van der Waals surface area contributed by atoms with E-state index in [0.29, 0.717) is 22.4 Å². The number of carbonyl (C=O) groups excluding carboxylic acids is 4. The van der Waals surface area contributed by atoms with E-state index in [1.165, 1.54) is 36.9 Å². The quantitative estimate of drug-likeness (QED) is 0.295. The number of benzene rings is 3. The molecule has 47 heavy (non-hydrogen) atoms. The number of phenols is 2. The van der Waals surface area contributed by atoms with Crippen LogP contribution in [0, 0.1) is 25.7 Å². The lowest BCUT2D eigenvalue weighted by atomic mass is 9.59. The number of fused-ring (bicyclic) bond motifs is 4. The first-order chi connectivity index (χ1) is 22.3. The van der Waals surface area contributed by atoms with Crippen molar-refractivity contribution in [2.75, 3.05) is 13.7 Å².